The lowest BCUT2D eigenvalue weighted by Crippen LogP contribution is -2.29. The molecule has 0 rings (SSSR count). The lowest BCUT2D eigenvalue weighted by molar-refractivity contribution is -0.161. The van der Waals surface area contributed by atoms with Crippen LogP contribution in [-0.4, -0.2) is 52.3 Å². The summed E-state index contributed by atoms with van der Waals surface area (Å²) in [5.74, 6) is -1.17. The van der Waals surface area contributed by atoms with Gasteiger partial charge >= 0.3 is 19.8 Å². The van der Waals surface area contributed by atoms with Gasteiger partial charge in [-0.25, -0.2) is 4.57 Å². The van der Waals surface area contributed by atoms with Crippen LogP contribution in [0, 0.1) is 0 Å². The largest absolute Gasteiger partial charge is 0.469 e. The van der Waals surface area contributed by atoms with Crippen LogP contribution in [0.3, 0.4) is 0 Å². The summed E-state index contributed by atoms with van der Waals surface area (Å²) in [6, 6.07) is 0. The van der Waals surface area contributed by atoms with Crippen molar-refractivity contribution in [2.24, 2.45) is 0 Å². The summed E-state index contributed by atoms with van der Waals surface area (Å²) in [6.45, 7) is 3.30. The monoisotopic (exact) mass is 758 g/mol. The first-order valence-electron chi connectivity index (χ1n) is 19.3. The van der Waals surface area contributed by atoms with E-state index < -0.39 is 45.2 Å². The first-order valence-corrected chi connectivity index (χ1v) is 20.8. The van der Waals surface area contributed by atoms with E-state index in [4.69, 9.17) is 19.3 Å². The van der Waals surface area contributed by atoms with E-state index in [1.54, 1.807) is 12.2 Å². The molecule has 0 aliphatic heterocycles. The third-order valence-corrected chi connectivity index (χ3v) is 7.86. The second-order valence-electron chi connectivity index (χ2n) is 12.4. The normalized spacial score (nSPS) is 14.3. The summed E-state index contributed by atoms with van der Waals surface area (Å²) in [4.78, 5) is 42.7. The molecule has 0 aromatic carbocycles. The quantitative estimate of drug-likeness (QED) is 0.0196. The van der Waals surface area contributed by atoms with E-state index >= 15 is 0 Å². The number of carbonyl (C=O) groups excluding carboxylic acids is 2. The fourth-order valence-electron chi connectivity index (χ4n) is 4.51. The van der Waals surface area contributed by atoms with Crippen LogP contribution in [-0.2, 0) is 28.2 Å². The predicted octanol–water partition coefficient (Wildman–Crippen LogP) is 10.6. The molecule has 0 radical (unpaired) electrons. The second kappa shape index (κ2) is 37.0. The zero-order chi connectivity index (χ0) is 39.1. The molecule has 0 fully saturated rings. The Morgan fingerprint density at radius 1 is 0.604 bits per heavy atom. The molecule has 3 N–H and O–H groups in total. The molecule has 0 bridgehead atoms. The number of allylic oxidation sites excluding steroid dienone is 17. The topological polar surface area (TPSA) is 140 Å². The lowest BCUT2D eigenvalue weighted by atomic mass is 10.1. The first kappa shape index (κ1) is 49.7. The van der Waals surface area contributed by atoms with Gasteiger partial charge in [0.15, 0.2) is 6.10 Å². The minimum absolute atomic E-state index is 0.0178. The smallest absolute Gasteiger partial charge is 0.462 e. The number of phosphoric acid groups is 1. The molecular formula is C43H67O9P. The fourth-order valence-corrected chi connectivity index (χ4v) is 4.87. The summed E-state index contributed by atoms with van der Waals surface area (Å²) < 4.78 is 26.1. The standard InChI is InChI=1S/C43H67O9P/c1-3-5-7-9-11-13-15-17-18-19-20-22-24-26-28-30-32-36-43(46)52-41(39-51-53(47,48)49)38-50-42(45)37-33-35-40(44)34-31-29-27-25-23-21-16-14-12-10-8-6-4-2/h6,8,11-14,17-18,20-23,26-29,31,34,40-41,44H,3-5,7,9-10,15-16,19,24-25,30,32-33,35-39H2,1-2H3,(H2,47,48,49)/b8-6-,13-11-,14-12-,18-17-,22-20-,23-21-,28-26-,29-27-,34-31+/t40?,41-/m1/s1. The molecule has 53 heavy (non-hydrogen) atoms. The van der Waals surface area contributed by atoms with Gasteiger partial charge in [-0.3, -0.25) is 14.1 Å². The van der Waals surface area contributed by atoms with Crippen LogP contribution in [0.15, 0.2) is 109 Å². The van der Waals surface area contributed by atoms with Gasteiger partial charge in [0.1, 0.15) is 6.61 Å². The lowest BCUT2D eigenvalue weighted by Gasteiger charge is -2.18. The highest BCUT2D eigenvalue weighted by atomic mass is 31.2. The second-order valence-corrected chi connectivity index (χ2v) is 13.6. The molecule has 0 saturated heterocycles. The van der Waals surface area contributed by atoms with Crippen LogP contribution in [0.1, 0.15) is 123 Å². The van der Waals surface area contributed by atoms with Crippen molar-refractivity contribution in [2.45, 2.75) is 135 Å². The molecule has 0 aliphatic carbocycles. The number of hydrogen-bond donors (Lipinski definition) is 3. The summed E-state index contributed by atoms with van der Waals surface area (Å²) >= 11 is 0. The van der Waals surface area contributed by atoms with Crippen molar-refractivity contribution < 1.29 is 43.0 Å². The maximum Gasteiger partial charge on any atom is 0.469 e. The number of phosphoric ester groups is 1. The molecule has 0 heterocycles. The highest BCUT2D eigenvalue weighted by Gasteiger charge is 2.22. The van der Waals surface area contributed by atoms with Crippen molar-refractivity contribution in [3.8, 4) is 0 Å². The molecule has 0 saturated carbocycles. The van der Waals surface area contributed by atoms with Gasteiger partial charge in [-0.2, -0.15) is 0 Å². The molecule has 0 aromatic rings. The summed E-state index contributed by atoms with van der Waals surface area (Å²) in [6.07, 6.45) is 48.5. The number of hydrogen-bond acceptors (Lipinski definition) is 7. The van der Waals surface area contributed by atoms with Gasteiger partial charge in [0.2, 0.25) is 0 Å². The molecule has 0 aliphatic rings. The van der Waals surface area contributed by atoms with E-state index in [2.05, 4.69) is 91.3 Å². The van der Waals surface area contributed by atoms with Crippen molar-refractivity contribution in [1.82, 2.24) is 0 Å². The Balaban J connectivity index is 4.29. The van der Waals surface area contributed by atoms with Crippen LogP contribution >= 0.6 is 7.82 Å². The summed E-state index contributed by atoms with van der Waals surface area (Å²) in [5, 5.41) is 10.2. The average molecular weight is 759 g/mol. The Morgan fingerprint density at radius 2 is 1.11 bits per heavy atom. The van der Waals surface area contributed by atoms with Crippen molar-refractivity contribution >= 4 is 19.8 Å². The average Bonchev–Trinajstić information content (AvgIpc) is 3.12. The van der Waals surface area contributed by atoms with E-state index in [0.29, 0.717) is 25.7 Å². The molecular weight excluding hydrogens is 691 g/mol. The minimum Gasteiger partial charge on any atom is -0.462 e. The minimum atomic E-state index is -4.82. The van der Waals surface area contributed by atoms with E-state index in [1.807, 2.05) is 24.3 Å². The van der Waals surface area contributed by atoms with E-state index in [9.17, 15) is 19.3 Å². The first-order chi connectivity index (χ1) is 25.7. The van der Waals surface area contributed by atoms with Gasteiger partial charge < -0.3 is 24.4 Å². The number of unbranched alkanes of at least 4 members (excludes halogenated alkanes) is 4. The van der Waals surface area contributed by atoms with Crippen molar-refractivity contribution in [1.29, 1.82) is 0 Å². The molecule has 0 spiro atoms. The SMILES string of the molecule is CC/C=C\C/C=C\C/C=C\C/C=C\C=C\C(O)CCCC(=O)OC[C@H](COP(=O)(O)O)OC(=O)CCC/C=C\C/C=C\C/C=C\C/C=C\CCCCC. The van der Waals surface area contributed by atoms with Crippen LogP contribution in [0.25, 0.3) is 0 Å². The van der Waals surface area contributed by atoms with Crippen molar-refractivity contribution in [3.63, 3.8) is 0 Å². The molecule has 1 unspecified atom stereocenters. The Kier molecular flexibility index (Phi) is 34.7. The van der Waals surface area contributed by atoms with Gasteiger partial charge in [-0.15, -0.1) is 0 Å². The zero-order valence-electron chi connectivity index (χ0n) is 32.2. The van der Waals surface area contributed by atoms with Gasteiger partial charge in [-0.1, -0.05) is 136 Å². The van der Waals surface area contributed by atoms with Crippen LogP contribution < -0.4 is 0 Å². The van der Waals surface area contributed by atoms with E-state index in [1.165, 1.54) is 19.3 Å². The summed E-state index contributed by atoms with van der Waals surface area (Å²) in [5.41, 5.74) is 0. The van der Waals surface area contributed by atoms with Crippen LogP contribution in [0.2, 0.25) is 0 Å². The highest BCUT2D eigenvalue weighted by molar-refractivity contribution is 7.46. The molecule has 10 heteroatoms. The van der Waals surface area contributed by atoms with Crippen molar-refractivity contribution in [2.75, 3.05) is 13.2 Å². The zero-order valence-corrected chi connectivity index (χ0v) is 33.1. The Morgan fingerprint density at radius 3 is 1.66 bits per heavy atom. The Bertz CT molecular complexity index is 1230. The third kappa shape index (κ3) is 39.7. The highest BCUT2D eigenvalue weighted by Crippen LogP contribution is 2.35. The number of rotatable bonds is 33. The molecule has 298 valence electrons. The van der Waals surface area contributed by atoms with Gasteiger partial charge in [0.25, 0.3) is 0 Å². The summed E-state index contributed by atoms with van der Waals surface area (Å²) in [7, 11) is -4.82. The maximum absolute atomic E-state index is 12.4. The van der Waals surface area contributed by atoms with E-state index in [-0.39, 0.29) is 12.8 Å². The van der Waals surface area contributed by atoms with Crippen LogP contribution in [0.5, 0.6) is 0 Å². The number of carbonyl (C=O) groups is 2. The predicted molar refractivity (Wildman–Crippen MR) is 217 cm³/mol. The Labute approximate surface area is 319 Å². The Hall–Kier alpha value is -3.33. The van der Waals surface area contributed by atoms with Gasteiger partial charge in [0.05, 0.1) is 12.7 Å². The molecule has 0 amide bonds. The third-order valence-electron chi connectivity index (χ3n) is 7.38. The number of aliphatic hydroxyl groups excluding tert-OH is 1. The van der Waals surface area contributed by atoms with Crippen molar-refractivity contribution in [3.05, 3.63) is 109 Å². The number of aliphatic hydroxyl groups is 1. The fraction of sp³-hybridized carbons (Fsp3) is 0.535. The maximum atomic E-state index is 12.4. The van der Waals surface area contributed by atoms with Crippen LogP contribution in [0.4, 0.5) is 0 Å². The van der Waals surface area contributed by atoms with Gasteiger partial charge in [0, 0.05) is 12.8 Å². The van der Waals surface area contributed by atoms with E-state index in [0.717, 1.165) is 51.4 Å². The number of esters is 2. The number of ether oxygens (including phenoxy) is 2. The molecule has 9 nitrogen and oxygen atoms in total. The van der Waals surface area contributed by atoms with Gasteiger partial charge in [-0.05, 0) is 83.5 Å². The molecule has 2 atom stereocenters. The molecule has 0 aromatic heterocycles.